The average molecular weight is 281 g/mol. The van der Waals surface area contributed by atoms with Gasteiger partial charge >= 0.3 is 11.9 Å². The van der Waals surface area contributed by atoms with E-state index in [1.54, 1.807) is 0 Å². The lowest BCUT2D eigenvalue weighted by Crippen LogP contribution is -2.35. The van der Waals surface area contributed by atoms with Gasteiger partial charge in [0.05, 0.1) is 11.5 Å². The van der Waals surface area contributed by atoms with Crippen molar-refractivity contribution in [1.82, 2.24) is 9.97 Å². The number of nitrogens with two attached hydrogens (primary N) is 1. The molecule has 0 saturated heterocycles. The average Bonchev–Trinajstić information content (AvgIpc) is 2.22. The summed E-state index contributed by atoms with van der Waals surface area (Å²) in [7, 11) is 0. The number of hydrogen-bond donors (Lipinski definition) is 3. The summed E-state index contributed by atoms with van der Waals surface area (Å²) in [5, 5.41) is 21.6. The van der Waals surface area contributed by atoms with E-state index in [9.17, 15) is 23.3 Å². The van der Waals surface area contributed by atoms with E-state index < -0.39 is 35.3 Å². The number of aromatic nitrogens is 2. The molecule has 8 nitrogen and oxygen atoms in total. The first-order valence-corrected chi connectivity index (χ1v) is 4.90. The third kappa shape index (κ3) is 3.64. The largest absolute Gasteiger partial charge is 0.416 e. The zero-order valence-electron chi connectivity index (χ0n) is 9.60. The highest BCUT2D eigenvalue weighted by atomic mass is 19.4. The lowest BCUT2D eigenvalue weighted by Gasteiger charge is -2.15. The van der Waals surface area contributed by atoms with Gasteiger partial charge < -0.3 is 16.2 Å². The molecule has 0 spiro atoms. The maximum atomic E-state index is 12.1. The van der Waals surface area contributed by atoms with Crippen LogP contribution in [0.2, 0.25) is 0 Å². The van der Waals surface area contributed by atoms with Gasteiger partial charge in [0.1, 0.15) is 5.69 Å². The van der Waals surface area contributed by atoms with Crippen molar-refractivity contribution in [3.8, 4) is 0 Å². The molecule has 0 bridgehead atoms. The quantitative estimate of drug-likeness (QED) is 0.545. The van der Waals surface area contributed by atoms with Crippen molar-refractivity contribution >= 4 is 17.5 Å². The SMILES string of the molecule is Cc1nc(N)nc(NCC(O)C(F)(F)F)c1[N+](=O)[O-]. The second kappa shape index (κ2) is 5.22. The Morgan fingerprint density at radius 3 is 2.58 bits per heavy atom. The van der Waals surface area contributed by atoms with Crippen LogP contribution in [-0.2, 0) is 0 Å². The molecular weight excluding hydrogens is 271 g/mol. The molecule has 1 unspecified atom stereocenters. The van der Waals surface area contributed by atoms with Crippen LogP contribution in [0.15, 0.2) is 0 Å². The normalized spacial score (nSPS) is 13.1. The Morgan fingerprint density at radius 2 is 2.11 bits per heavy atom. The van der Waals surface area contributed by atoms with Crippen LogP contribution < -0.4 is 11.1 Å². The van der Waals surface area contributed by atoms with E-state index in [2.05, 4.69) is 9.97 Å². The molecule has 0 aliphatic carbocycles. The fraction of sp³-hybridized carbons (Fsp3) is 0.500. The zero-order chi connectivity index (χ0) is 14.8. The first kappa shape index (κ1) is 14.9. The van der Waals surface area contributed by atoms with Crippen molar-refractivity contribution in [3.05, 3.63) is 15.8 Å². The van der Waals surface area contributed by atoms with Gasteiger partial charge in [-0.15, -0.1) is 0 Å². The fourth-order valence-electron chi connectivity index (χ4n) is 1.24. The number of aliphatic hydroxyl groups excluding tert-OH is 1. The van der Waals surface area contributed by atoms with Crippen LogP contribution in [0.1, 0.15) is 5.69 Å². The molecule has 0 amide bonds. The summed E-state index contributed by atoms with van der Waals surface area (Å²) in [5.74, 6) is -0.801. The highest BCUT2D eigenvalue weighted by molar-refractivity contribution is 5.60. The van der Waals surface area contributed by atoms with Crippen molar-refractivity contribution in [2.75, 3.05) is 17.6 Å². The number of aryl methyl sites for hydroxylation is 1. The van der Waals surface area contributed by atoms with Crippen molar-refractivity contribution in [1.29, 1.82) is 0 Å². The zero-order valence-corrected chi connectivity index (χ0v) is 9.60. The number of nitrogens with zero attached hydrogens (tertiary/aromatic N) is 3. The van der Waals surface area contributed by atoms with Crippen LogP contribution in [-0.4, -0.2) is 38.8 Å². The minimum atomic E-state index is -4.84. The highest BCUT2D eigenvalue weighted by Gasteiger charge is 2.38. The molecule has 19 heavy (non-hydrogen) atoms. The maximum Gasteiger partial charge on any atom is 0.416 e. The number of hydrogen-bond acceptors (Lipinski definition) is 7. The van der Waals surface area contributed by atoms with Gasteiger partial charge in [0.25, 0.3) is 0 Å². The van der Waals surface area contributed by atoms with Gasteiger partial charge in [-0.05, 0) is 6.92 Å². The lowest BCUT2D eigenvalue weighted by molar-refractivity contribution is -0.385. The van der Waals surface area contributed by atoms with Crippen LogP contribution in [0, 0.1) is 17.0 Å². The van der Waals surface area contributed by atoms with E-state index in [1.165, 1.54) is 6.92 Å². The first-order chi connectivity index (χ1) is 8.62. The number of anilines is 2. The number of alkyl halides is 3. The van der Waals surface area contributed by atoms with E-state index in [0.717, 1.165) is 0 Å². The summed E-state index contributed by atoms with van der Waals surface area (Å²) in [5.41, 5.74) is 4.56. The Labute approximate surface area is 104 Å². The molecule has 0 aliphatic rings. The summed E-state index contributed by atoms with van der Waals surface area (Å²) < 4.78 is 36.3. The third-order valence-corrected chi connectivity index (χ3v) is 2.10. The van der Waals surface area contributed by atoms with E-state index in [4.69, 9.17) is 10.8 Å². The summed E-state index contributed by atoms with van der Waals surface area (Å²) in [4.78, 5) is 16.9. The predicted octanol–water partition coefficient (Wildman–Crippen LogP) is 0.611. The molecule has 4 N–H and O–H groups in total. The summed E-state index contributed by atoms with van der Waals surface area (Å²) in [6, 6.07) is 0. The van der Waals surface area contributed by atoms with Gasteiger partial charge in [0.2, 0.25) is 11.8 Å². The Hall–Kier alpha value is -2.17. The van der Waals surface area contributed by atoms with Gasteiger partial charge in [-0.2, -0.15) is 18.2 Å². The van der Waals surface area contributed by atoms with Crippen LogP contribution in [0.5, 0.6) is 0 Å². The van der Waals surface area contributed by atoms with Gasteiger partial charge in [-0.25, -0.2) is 4.98 Å². The van der Waals surface area contributed by atoms with E-state index >= 15 is 0 Å². The van der Waals surface area contributed by atoms with Crippen molar-refractivity contribution in [3.63, 3.8) is 0 Å². The molecule has 106 valence electrons. The number of nitrogens with one attached hydrogen (secondary N) is 1. The molecule has 1 rings (SSSR count). The second-order valence-corrected chi connectivity index (χ2v) is 3.56. The molecule has 0 saturated carbocycles. The molecule has 0 aromatic carbocycles. The van der Waals surface area contributed by atoms with Crippen molar-refractivity contribution in [2.24, 2.45) is 0 Å². The Bertz CT molecular complexity index is 493. The van der Waals surface area contributed by atoms with Crippen LogP contribution in [0.3, 0.4) is 0 Å². The molecular formula is C8H10F3N5O3. The Kier molecular flexibility index (Phi) is 4.09. The van der Waals surface area contributed by atoms with Crippen LogP contribution >= 0.6 is 0 Å². The Balaban J connectivity index is 2.98. The smallest absolute Gasteiger partial charge is 0.382 e. The predicted molar refractivity (Wildman–Crippen MR) is 58.4 cm³/mol. The number of aliphatic hydroxyl groups is 1. The summed E-state index contributed by atoms with van der Waals surface area (Å²) in [6.07, 6.45) is -7.52. The number of halogens is 3. The molecule has 1 atom stereocenters. The minimum Gasteiger partial charge on any atom is -0.382 e. The first-order valence-electron chi connectivity index (χ1n) is 4.90. The molecule has 0 radical (unpaired) electrons. The van der Waals surface area contributed by atoms with E-state index in [1.807, 2.05) is 5.32 Å². The number of nitrogen functional groups attached to an aromatic ring is 1. The maximum absolute atomic E-state index is 12.1. The molecule has 0 fully saturated rings. The van der Waals surface area contributed by atoms with Gasteiger partial charge in [0, 0.05) is 0 Å². The summed E-state index contributed by atoms with van der Waals surface area (Å²) in [6.45, 7) is 0.280. The molecule has 0 aliphatic heterocycles. The van der Waals surface area contributed by atoms with Gasteiger partial charge in [-0.3, -0.25) is 10.1 Å². The monoisotopic (exact) mass is 281 g/mol. The topological polar surface area (TPSA) is 127 Å². The number of rotatable bonds is 4. The molecule has 1 aromatic heterocycles. The van der Waals surface area contributed by atoms with Crippen molar-refractivity contribution in [2.45, 2.75) is 19.2 Å². The van der Waals surface area contributed by atoms with Crippen molar-refractivity contribution < 1.29 is 23.2 Å². The van der Waals surface area contributed by atoms with Gasteiger partial charge in [-0.1, -0.05) is 0 Å². The van der Waals surface area contributed by atoms with Crippen LogP contribution in [0.4, 0.5) is 30.6 Å². The van der Waals surface area contributed by atoms with E-state index in [-0.39, 0.29) is 11.6 Å². The lowest BCUT2D eigenvalue weighted by atomic mass is 10.3. The standard InChI is InChI=1S/C8H10F3N5O3/c1-3-5(16(18)19)6(15-7(12)14-3)13-2-4(17)8(9,10)11/h4,17H,2H2,1H3,(H3,12,13,14,15). The third-order valence-electron chi connectivity index (χ3n) is 2.10. The van der Waals surface area contributed by atoms with Crippen LogP contribution in [0.25, 0.3) is 0 Å². The second-order valence-electron chi connectivity index (χ2n) is 3.56. The molecule has 1 heterocycles. The fourth-order valence-corrected chi connectivity index (χ4v) is 1.24. The summed E-state index contributed by atoms with van der Waals surface area (Å²) >= 11 is 0. The highest BCUT2D eigenvalue weighted by Crippen LogP contribution is 2.27. The Morgan fingerprint density at radius 1 is 1.53 bits per heavy atom. The van der Waals surface area contributed by atoms with E-state index in [0.29, 0.717) is 0 Å². The number of nitro groups is 1. The molecule has 11 heteroatoms. The van der Waals surface area contributed by atoms with Gasteiger partial charge in [0.15, 0.2) is 6.10 Å². The minimum absolute atomic E-state index is 0.0958. The molecule has 1 aromatic rings.